The summed E-state index contributed by atoms with van der Waals surface area (Å²) < 4.78 is 0. The molecular weight excluding hydrogens is 142 g/mol. The SMILES string of the molecule is CCO/N=C/C1CCN=CN1. The predicted molar refractivity (Wildman–Crippen MR) is 45.0 cm³/mol. The molecule has 0 aromatic carbocycles. The van der Waals surface area contributed by atoms with Crippen LogP contribution in [0.2, 0.25) is 0 Å². The van der Waals surface area contributed by atoms with Crippen molar-refractivity contribution < 1.29 is 4.84 Å². The number of rotatable bonds is 3. The van der Waals surface area contributed by atoms with E-state index in [4.69, 9.17) is 4.84 Å². The maximum Gasteiger partial charge on any atom is 0.114 e. The molecule has 62 valence electrons. The first-order chi connectivity index (χ1) is 5.43. The molecule has 11 heavy (non-hydrogen) atoms. The molecule has 4 heteroatoms. The Morgan fingerprint density at radius 2 is 2.82 bits per heavy atom. The lowest BCUT2D eigenvalue weighted by Crippen LogP contribution is -2.33. The number of hydrogen-bond donors (Lipinski definition) is 1. The molecule has 0 aliphatic carbocycles. The molecule has 0 aromatic heterocycles. The van der Waals surface area contributed by atoms with E-state index in [1.54, 1.807) is 12.6 Å². The molecule has 1 heterocycles. The van der Waals surface area contributed by atoms with Crippen molar-refractivity contribution in [2.45, 2.75) is 19.4 Å². The summed E-state index contributed by atoms with van der Waals surface area (Å²) in [5, 5.41) is 6.82. The molecular formula is C7H13N3O. The smallest absolute Gasteiger partial charge is 0.114 e. The standard InChI is InChI=1S/C7H13N3O/c1-2-11-10-5-7-3-4-8-6-9-7/h5-7H,2-4H2,1H3,(H,8,9)/b10-5+. The minimum absolute atomic E-state index is 0.291. The molecule has 1 rings (SSSR count). The molecule has 1 N–H and O–H groups in total. The van der Waals surface area contributed by atoms with Crippen molar-refractivity contribution in [3.05, 3.63) is 0 Å². The van der Waals surface area contributed by atoms with Gasteiger partial charge < -0.3 is 10.2 Å². The molecule has 0 saturated carbocycles. The summed E-state index contributed by atoms with van der Waals surface area (Å²) in [6, 6.07) is 0.291. The first kappa shape index (κ1) is 8.04. The van der Waals surface area contributed by atoms with Gasteiger partial charge in [-0.1, -0.05) is 5.16 Å². The van der Waals surface area contributed by atoms with Crippen LogP contribution in [0.4, 0.5) is 0 Å². The van der Waals surface area contributed by atoms with Crippen molar-refractivity contribution in [2.24, 2.45) is 10.1 Å². The maximum atomic E-state index is 4.82. The second kappa shape index (κ2) is 4.71. The van der Waals surface area contributed by atoms with E-state index in [1.807, 2.05) is 6.92 Å². The Morgan fingerprint density at radius 1 is 1.91 bits per heavy atom. The zero-order valence-corrected chi connectivity index (χ0v) is 6.66. The van der Waals surface area contributed by atoms with Crippen molar-refractivity contribution >= 4 is 12.6 Å². The van der Waals surface area contributed by atoms with Crippen LogP contribution in [0.1, 0.15) is 13.3 Å². The fraction of sp³-hybridized carbons (Fsp3) is 0.714. The molecule has 0 radical (unpaired) electrons. The Hall–Kier alpha value is -1.06. The van der Waals surface area contributed by atoms with Gasteiger partial charge in [-0.15, -0.1) is 0 Å². The van der Waals surface area contributed by atoms with Gasteiger partial charge in [-0.05, 0) is 13.3 Å². The zero-order chi connectivity index (χ0) is 7.94. The molecule has 0 spiro atoms. The van der Waals surface area contributed by atoms with Crippen LogP contribution in [0.25, 0.3) is 0 Å². The number of aliphatic imine (C=N–C) groups is 1. The third-order valence-electron chi connectivity index (χ3n) is 1.39. The lowest BCUT2D eigenvalue weighted by molar-refractivity contribution is 0.159. The highest BCUT2D eigenvalue weighted by atomic mass is 16.6. The highest BCUT2D eigenvalue weighted by Crippen LogP contribution is 1.93. The lowest BCUT2D eigenvalue weighted by atomic mass is 10.2. The van der Waals surface area contributed by atoms with E-state index < -0.39 is 0 Å². The molecule has 0 aromatic rings. The lowest BCUT2D eigenvalue weighted by Gasteiger charge is -2.13. The molecule has 1 unspecified atom stereocenters. The number of nitrogens with one attached hydrogen (secondary N) is 1. The van der Waals surface area contributed by atoms with Crippen molar-refractivity contribution in [1.82, 2.24) is 5.32 Å². The largest absolute Gasteiger partial charge is 0.396 e. The van der Waals surface area contributed by atoms with Gasteiger partial charge in [-0.25, -0.2) is 0 Å². The van der Waals surface area contributed by atoms with Crippen LogP contribution < -0.4 is 5.32 Å². The molecule has 1 aliphatic heterocycles. The third kappa shape index (κ3) is 3.02. The normalized spacial score (nSPS) is 23.5. The number of oxime groups is 1. The van der Waals surface area contributed by atoms with Crippen molar-refractivity contribution in [3.63, 3.8) is 0 Å². The van der Waals surface area contributed by atoms with E-state index in [0.717, 1.165) is 13.0 Å². The van der Waals surface area contributed by atoms with E-state index in [2.05, 4.69) is 15.5 Å². The molecule has 0 saturated heterocycles. The summed E-state index contributed by atoms with van der Waals surface area (Å²) in [6.45, 7) is 3.40. The van der Waals surface area contributed by atoms with Crippen LogP contribution in [0.3, 0.4) is 0 Å². The quantitative estimate of drug-likeness (QED) is 0.473. The Bertz CT molecular complexity index is 156. The van der Waals surface area contributed by atoms with E-state index in [0.29, 0.717) is 12.6 Å². The summed E-state index contributed by atoms with van der Waals surface area (Å²) >= 11 is 0. The molecule has 1 aliphatic rings. The van der Waals surface area contributed by atoms with E-state index >= 15 is 0 Å². The average molecular weight is 155 g/mol. The molecule has 0 bridgehead atoms. The molecule has 0 fully saturated rings. The summed E-state index contributed by atoms with van der Waals surface area (Å²) in [5.74, 6) is 0. The van der Waals surface area contributed by atoms with Crippen LogP contribution >= 0.6 is 0 Å². The minimum atomic E-state index is 0.291. The van der Waals surface area contributed by atoms with Gasteiger partial charge in [-0.3, -0.25) is 4.99 Å². The maximum absolute atomic E-state index is 4.82. The van der Waals surface area contributed by atoms with Gasteiger partial charge in [0.05, 0.1) is 18.6 Å². The topological polar surface area (TPSA) is 46.0 Å². The van der Waals surface area contributed by atoms with Gasteiger partial charge in [0.1, 0.15) is 6.61 Å². The van der Waals surface area contributed by atoms with E-state index in [1.165, 1.54) is 0 Å². The Labute approximate surface area is 66.3 Å². The Balaban J connectivity index is 2.20. The summed E-state index contributed by atoms with van der Waals surface area (Å²) in [7, 11) is 0. The van der Waals surface area contributed by atoms with Gasteiger partial charge in [0.15, 0.2) is 0 Å². The average Bonchev–Trinajstić information content (AvgIpc) is 2.07. The van der Waals surface area contributed by atoms with E-state index in [9.17, 15) is 0 Å². The van der Waals surface area contributed by atoms with Gasteiger partial charge in [0, 0.05) is 6.54 Å². The minimum Gasteiger partial charge on any atom is -0.396 e. The third-order valence-corrected chi connectivity index (χ3v) is 1.39. The van der Waals surface area contributed by atoms with Crippen LogP contribution in [0.5, 0.6) is 0 Å². The van der Waals surface area contributed by atoms with Crippen LogP contribution in [0.15, 0.2) is 10.1 Å². The molecule has 0 amide bonds. The van der Waals surface area contributed by atoms with Gasteiger partial charge in [0.2, 0.25) is 0 Å². The van der Waals surface area contributed by atoms with Crippen molar-refractivity contribution in [2.75, 3.05) is 13.2 Å². The first-order valence-electron chi connectivity index (χ1n) is 3.83. The Morgan fingerprint density at radius 3 is 3.45 bits per heavy atom. The fourth-order valence-electron chi connectivity index (χ4n) is 0.819. The zero-order valence-electron chi connectivity index (χ0n) is 6.66. The van der Waals surface area contributed by atoms with Gasteiger partial charge in [0.25, 0.3) is 0 Å². The van der Waals surface area contributed by atoms with Gasteiger partial charge in [-0.2, -0.15) is 0 Å². The summed E-state index contributed by atoms with van der Waals surface area (Å²) in [5.41, 5.74) is 0. The number of hydrogen-bond acceptors (Lipinski definition) is 4. The predicted octanol–water partition coefficient (Wildman–Crippen LogP) is 0.399. The molecule has 1 atom stereocenters. The fourth-order valence-corrected chi connectivity index (χ4v) is 0.819. The summed E-state index contributed by atoms with van der Waals surface area (Å²) in [4.78, 5) is 8.84. The second-order valence-corrected chi connectivity index (χ2v) is 2.27. The molecule has 4 nitrogen and oxygen atoms in total. The van der Waals surface area contributed by atoms with E-state index in [-0.39, 0.29) is 0 Å². The summed E-state index contributed by atoms with van der Waals surface area (Å²) in [6.07, 6.45) is 4.48. The van der Waals surface area contributed by atoms with Crippen LogP contribution in [-0.2, 0) is 4.84 Å². The van der Waals surface area contributed by atoms with Crippen molar-refractivity contribution in [3.8, 4) is 0 Å². The van der Waals surface area contributed by atoms with Gasteiger partial charge >= 0.3 is 0 Å². The second-order valence-electron chi connectivity index (χ2n) is 2.27. The Kier molecular flexibility index (Phi) is 3.44. The first-order valence-corrected chi connectivity index (χ1v) is 3.83. The highest BCUT2D eigenvalue weighted by molar-refractivity contribution is 5.70. The number of nitrogens with zero attached hydrogens (tertiary/aromatic N) is 2. The monoisotopic (exact) mass is 155 g/mol. The van der Waals surface area contributed by atoms with Crippen LogP contribution in [0, 0.1) is 0 Å². The van der Waals surface area contributed by atoms with Crippen molar-refractivity contribution in [1.29, 1.82) is 0 Å². The highest BCUT2D eigenvalue weighted by Gasteiger charge is 2.05. The van der Waals surface area contributed by atoms with Crippen LogP contribution in [-0.4, -0.2) is 31.7 Å².